The fourth-order valence-electron chi connectivity index (χ4n) is 3.70. The second kappa shape index (κ2) is 5.45. The fraction of sp³-hybridized carbons (Fsp3) is 1.00. The first-order valence-corrected chi connectivity index (χ1v) is 7.56. The van der Waals surface area contributed by atoms with Crippen LogP contribution < -0.4 is 5.73 Å². The van der Waals surface area contributed by atoms with Crippen molar-refractivity contribution in [1.82, 2.24) is 9.80 Å². The predicted octanol–water partition coefficient (Wildman–Crippen LogP) is 0.519. The average Bonchev–Trinajstić information content (AvgIpc) is 2.81. The number of hydrogen-bond donors (Lipinski definition) is 1. The summed E-state index contributed by atoms with van der Waals surface area (Å²) in [5, 5.41) is 0. The zero-order chi connectivity index (χ0) is 12.5. The Morgan fingerprint density at radius 2 is 2.11 bits per heavy atom. The van der Waals surface area contributed by atoms with Crippen molar-refractivity contribution in [3.05, 3.63) is 0 Å². The lowest BCUT2D eigenvalue weighted by Crippen LogP contribution is -2.53. The van der Waals surface area contributed by atoms with E-state index >= 15 is 0 Å². The van der Waals surface area contributed by atoms with Gasteiger partial charge in [-0.1, -0.05) is 6.92 Å². The molecule has 3 aliphatic rings. The molecule has 0 aromatic heterocycles. The van der Waals surface area contributed by atoms with Gasteiger partial charge in [0.25, 0.3) is 0 Å². The van der Waals surface area contributed by atoms with Gasteiger partial charge in [-0.2, -0.15) is 0 Å². The van der Waals surface area contributed by atoms with Gasteiger partial charge in [0.1, 0.15) is 0 Å². The molecule has 4 unspecified atom stereocenters. The summed E-state index contributed by atoms with van der Waals surface area (Å²) < 4.78 is 6.04. The van der Waals surface area contributed by atoms with Crippen LogP contribution in [0.2, 0.25) is 0 Å². The van der Waals surface area contributed by atoms with Crippen molar-refractivity contribution in [2.75, 3.05) is 39.3 Å². The summed E-state index contributed by atoms with van der Waals surface area (Å²) in [6, 6.07) is 1.12. The SMILES string of the molecule is CC1CN(CC2CN3CCCC3CO2)CCC1N. The van der Waals surface area contributed by atoms with Crippen LogP contribution in [-0.4, -0.2) is 67.3 Å². The number of nitrogens with zero attached hydrogens (tertiary/aromatic N) is 2. The molecular weight excluding hydrogens is 226 g/mol. The zero-order valence-corrected chi connectivity index (χ0v) is 11.6. The van der Waals surface area contributed by atoms with E-state index in [-0.39, 0.29) is 0 Å². The second-order valence-electron chi connectivity index (χ2n) is 6.44. The standard InChI is InChI=1S/C14H27N3O/c1-11-7-16(6-4-14(11)15)8-13-9-17-5-2-3-12(17)10-18-13/h11-14H,2-10,15H2,1H3. The molecule has 4 nitrogen and oxygen atoms in total. The third-order valence-electron chi connectivity index (χ3n) is 4.98. The van der Waals surface area contributed by atoms with Crippen LogP contribution in [0.15, 0.2) is 0 Å². The Hall–Kier alpha value is -0.160. The Morgan fingerprint density at radius 3 is 2.94 bits per heavy atom. The molecule has 0 spiro atoms. The first-order chi connectivity index (χ1) is 8.72. The number of piperidine rings is 1. The Labute approximate surface area is 110 Å². The predicted molar refractivity (Wildman–Crippen MR) is 72.5 cm³/mol. The minimum absolute atomic E-state index is 0.400. The molecule has 0 saturated carbocycles. The van der Waals surface area contributed by atoms with E-state index in [1.54, 1.807) is 0 Å². The molecule has 104 valence electrons. The molecule has 3 rings (SSSR count). The normalized spacial score (nSPS) is 43.0. The van der Waals surface area contributed by atoms with Crippen LogP contribution in [0.5, 0.6) is 0 Å². The molecule has 0 amide bonds. The molecule has 2 N–H and O–H groups in total. The van der Waals surface area contributed by atoms with Crippen molar-refractivity contribution >= 4 is 0 Å². The Balaban J connectivity index is 1.48. The molecular formula is C14H27N3O. The van der Waals surface area contributed by atoms with Gasteiger partial charge in [0.05, 0.1) is 12.7 Å². The van der Waals surface area contributed by atoms with E-state index in [0.29, 0.717) is 18.1 Å². The molecule has 4 atom stereocenters. The first-order valence-electron chi connectivity index (χ1n) is 7.56. The summed E-state index contributed by atoms with van der Waals surface area (Å²) in [5.74, 6) is 0.627. The number of likely N-dealkylation sites (tertiary alicyclic amines) is 1. The minimum Gasteiger partial charge on any atom is -0.374 e. The molecule has 3 saturated heterocycles. The number of hydrogen-bond acceptors (Lipinski definition) is 4. The number of ether oxygens (including phenoxy) is 1. The molecule has 3 heterocycles. The van der Waals surface area contributed by atoms with E-state index in [4.69, 9.17) is 10.5 Å². The van der Waals surface area contributed by atoms with Gasteiger partial charge in [0.15, 0.2) is 0 Å². The molecule has 0 aliphatic carbocycles. The quantitative estimate of drug-likeness (QED) is 0.779. The molecule has 3 aliphatic heterocycles. The molecule has 0 bridgehead atoms. The molecule has 18 heavy (non-hydrogen) atoms. The topological polar surface area (TPSA) is 41.7 Å². The summed E-state index contributed by atoms with van der Waals surface area (Å²) >= 11 is 0. The van der Waals surface area contributed by atoms with E-state index in [1.165, 1.54) is 19.4 Å². The molecule has 0 radical (unpaired) electrons. The number of nitrogens with two attached hydrogens (primary N) is 1. The molecule has 3 fully saturated rings. The van der Waals surface area contributed by atoms with Gasteiger partial charge >= 0.3 is 0 Å². The maximum Gasteiger partial charge on any atom is 0.0829 e. The Bertz CT molecular complexity index is 286. The van der Waals surface area contributed by atoms with Crippen LogP contribution in [0, 0.1) is 5.92 Å². The van der Waals surface area contributed by atoms with Gasteiger partial charge in [0.2, 0.25) is 0 Å². The lowest BCUT2D eigenvalue weighted by molar-refractivity contribution is -0.0648. The van der Waals surface area contributed by atoms with Crippen molar-refractivity contribution in [3.8, 4) is 0 Å². The van der Waals surface area contributed by atoms with Crippen LogP contribution >= 0.6 is 0 Å². The highest BCUT2D eigenvalue weighted by Crippen LogP contribution is 2.24. The highest BCUT2D eigenvalue weighted by molar-refractivity contribution is 4.88. The maximum absolute atomic E-state index is 6.08. The summed E-state index contributed by atoms with van der Waals surface area (Å²) in [4.78, 5) is 5.18. The largest absolute Gasteiger partial charge is 0.374 e. The van der Waals surface area contributed by atoms with Gasteiger partial charge in [-0.25, -0.2) is 0 Å². The van der Waals surface area contributed by atoms with Crippen molar-refractivity contribution < 1.29 is 4.74 Å². The summed E-state index contributed by atoms with van der Waals surface area (Å²) in [5.41, 5.74) is 6.08. The van der Waals surface area contributed by atoms with Crippen molar-refractivity contribution in [2.24, 2.45) is 11.7 Å². The van der Waals surface area contributed by atoms with Crippen LogP contribution in [0.25, 0.3) is 0 Å². The summed E-state index contributed by atoms with van der Waals surface area (Å²) in [6.45, 7) is 9.04. The third-order valence-corrected chi connectivity index (χ3v) is 4.98. The fourth-order valence-corrected chi connectivity index (χ4v) is 3.70. The number of morpholine rings is 1. The maximum atomic E-state index is 6.08. The zero-order valence-electron chi connectivity index (χ0n) is 11.6. The van der Waals surface area contributed by atoms with Gasteiger partial charge in [0, 0.05) is 31.7 Å². The monoisotopic (exact) mass is 253 g/mol. The smallest absolute Gasteiger partial charge is 0.0829 e. The molecule has 0 aromatic rings. The second-order valence-corrected chi connectivity index (χ2v) is 6.44. The van der Waals surface area contributed by atoms with Crippen molar-refractivity contribution in [2.45, 2.75) is 44.4 Å². The van der Waals surface area contributed by atoms with Gasteiger partial charge < -0.3 is 15.4 Å². The van der Waals surface area contributed by atoms with E-state index in [1.807, 2.05) is 0 Å². The Kier molecular flexibility index (Phi) is 3.89. The van der Waals surface area contributed by atoms with Crippen LogP contribution in [-0.2, 0) is 4.74 Å². The van der Waals surface area contributed by atoms with E-state index < -0.39 is 0 Å². The van der Waals surface area contributed by atoms with Gasteiger partial charge in [-0.3, -0.25) is 4.90 Å². The van der Waals surface area contributed by atoms with E-state index in [0.717, 1.165) is 45.2 Å². The van der Waals surface area contributed by atoms with Gasteiger partial charge in [-0.15, -0.1) is 0 Å². The summed E-state index contributed by atoms with van der Waals surface area (Å²) in [6.07, 6.45) is 4.25. The van der Waals surface area contributed by atoms with Crippen molar-refractivity contribution in [3.63, 3.8) is 0 Å². The Morgan fingerprint density at radius 1 is 1.22 bits per heavy atom. The number of fused-ring (bicyclic) bond motifs is 1. The summed E-state index contributed by atoms with van der Waals surface area (Å²) in [7, 11) is 0. The molecule has 4 heteroatoms. The van der Waals surface area contributed by atoms with Crippen LogP contribution in [0.3, 0.4) is 0 Å². The van der Waals surface area contributed by atoms with Gasteiger partial charge in [-0.05, 0) is 38.3 Å². The minimum atomic E-state index is 0.400. The first kappa shape index (κ1) is 12.9. The highest BCUT2D eigenvalue weighted by Gasteiger charge is 2.33. The van der Waals surface area contributed by atoms with Crippen LogP contribution in [0.4, 0.5) is 0 Å². The van der Waals surface area contributed by atoms with Crippen molar-refractivity contribution in [1.29, 1.82) is 0 Å². The lowest BCUT2D eigenvalue weighted by atomic mass is 9.94. The van der Waals surface area contributed by atoms with E-state index in [2.05, 4.69) is 16.7 Å². The number of rotatable bonds is 2. The van der Waals surface area contributed by atoms with Crippen LogP contribution in [0.1, 0.15) is 26.2 Å². The van der Waals surface area contributed by atoms with E-state index in [9.17, 15) is 0 Å². The third kappa shape index (κ3) is 2.72. The highest BCUT2D eigenvalue weighted by atomic mass is 16.5. The lowest BCUT2D eigenvalue weighted by Gasteiger charge is -2.40. The average molecular weight is 253 g/mol. The molecule has 0 aromatic carbocycles.